The number of nitrogens with zero attached hydrogens (tertiary/aromatic N) is 4. The van der Waals surface area contributed by atoms with Gasteiger partial charge in [0.05, 0.1) is 6.20 Å². The molecule has 0 bridgehead atoms. The van der Waals surface area contributed by atoms with E-state index in [0.29, 0.717) is 34.8 Å². The van der Waals surface area contributed by atoms with Crippen LogP contribution in [0.15, 0.2) is 67.1 Å². The van der Waals surface area contributed by atoms with Gasteiger partial charge in [-0.05, 0) is 67.9 Å². The molecular weight excluding hydrogens is 527 g/mol. The molecule has 0 radical (unpaired) electrons. The van der Waals surface area contributed by atoms with E-state index in [1.165, 1.54) is 49.7 Å². The van der Waals surface area contributed by atoms with Gasteiger partial charge < -0.3 is 24.4 Å². The lowest BCUT2D eigenvalue weighted by Crippen LogP contribution is -2.38. The van der Waals surface area contributed by atoms with Gasteiger partial charge in [0.15, 0.2) is 11.4 Å². The van der Waals surface area contributed by atoms with Crippen molar-refractivity contribution in [3.8, 4) is 22.9 Å². The molecule has 0 saturated carbocycles. The van der Waals surface area contributed by atoms with E-state index in [9.17, 15) is 18.0 Å². The van der Waals surface area contributed by atoms with Crippen LogP contribution >= 0.6 is 0 Å². The molecule has 1 amide bonds. The number of ether oxygens (including phenoxy) is 3. The summed E-state index contributed by atoms with van der Waals surface area (Å²) in [7, 11) is 0. The van der Waals surface area contributed by atoms with Gasteiger partial charge in [-0.3, -0.25) is 4.57 Å². The van der Waals surface area contributed by atoms with Gasteiger partial charge in [0.2, 0.25) is 0 Å². The molecular formula is C28H28F3N5O4. The van der Waals surface area contributed by atoms with Crippen molar-refractivity contribution in [1.29, 1.82) is 0 Å². The molecule has 9 nitrogen and oxygen atoms in total. The standard InChI is InChI=1S/C28H28F3N5O4/c29-28(30,31)40-23-8-4-20(5-9-23)18-38-22-10-6-21(7-11-22)36-19-34-25-16-24(17-33-26(25)36)39-27(37)32-12-15-35-13-2-1-3-14-35/h4-11,16-17,19H,1-3,12-15,18H2,(H,32,37). The van der Waals surface area contributed by atoms with Crippen molar-refractivity contribution >= 4 is 17.3 Å². The van der Waals surface area contributed by atoms with Gasteiger partial charge >= 0.3 is 12.5 Å². The van der Waals surface area contributed by atoms with Gasteiger partial charge in [-0.1, -0.05) is 18.6 Å². The summed E-state index contributed by atoms with van der Waals surface area (Å²) in [6.07, 6.45) is 1.52. The summed E-state index contributed by atoms with van der Waals surface area (Å²) in [6.45, 7) is 3.63. The number of hydrogen-bond donors (Lipinski definition) is 1. The Kier molecular flexibility index (Phi) is 8.34. The second-order valence-electron chi connectivity index (χ2n) is 9.32. The molecule has 2 aromatic heterocycles. The van der Waals surface area contributed by atoms with Gasteiger partial charge in [0.25, 0.3) is 0 Å². The lowest BCUT2D eigenvalue weighted by molar-refractivity contribution is -0.274. The number of alkyl halides is 3. The highest BCUT2D eigenvalue weighted by molar-refractivity contribution is 5.76. The average Bonchev–Trinajstić information content (AvgIpc) is 3.36. The fourth-order valence-electron chi connectivity index (χ4n) is 4.43. The summed E-state index contributed by atoms with van der Waals surface area (Å²) in [4.78, 5) is 23.3. The fraction of sp³-hybridized carbons (Fsp3) is 0.321. The highest BCUT2D eigenvalue weighted by Crippen LogP contribution is 2.25. The smallest absolute Gasteiger partial charge is 0.489 e. The van der Waals surface area contributed by atoms with E-state index in [0.717, 1.165) is 25.3 Å². The molecule has 210 valence electrons. The Morgan fingerprint density at radius 2 is 1.65 bits per heavy atom. The van der Waals surface area contributed by atoms with Crippen molar-refractivity contribution in [3.63, 3.8) is 0 Å². The number of fused-ring (bicyclic) bond motifs is 1. The first-order valence-electron chi connectivity index (χ1n) is 12.9. The minimum Gasteiger partial charge on any atom is -0.489 e. The summed E-state index contributed by atoms with van der Waals surface area (Å²) in [5, 5.41) is 2.78. The second-order valence-corrected chi connectivity index (χ2v) is 9.32. The molecule has 40 heavy (non-hydrogen) atoms. The number of hydrogen-bond acceptors (Lipinski definition) is 7. The maximum Gasteiger partial charge on any atom is 0.573 e. The highest BCUT2D eigenvalue weighted by atomic mass is 19.4. The molecule has 1 aliphatic heterocycles. The number of rotatable bonds is 9. The lowest BCUT2D eigenvalue weighted by atomic mass is 10.1. The number of amides is 1. The summed E-state index contributed by atoms with van der Waals surface area (Å²) in [6, 6.07) is 14.4. The maximum atomic E-state index is 12.3. The van der Waals surface area contributed by atoms with Crippen molar-refractivity contribution in [1.82, 2.24) is 24.8 Å². The largest absolute Gasteiger partial charge is 0.573 e. The number of halogens is 3. The van der Waals surface area contributed by atoms with Crippen molar-refractivity contribution in [3.05, 3.63) is 72.7 Å². The number of piperidine rings is 1. The summed E-state index contributed by atoms with van der Waals surface area (Å²) < 4.78 is 53.7. The van der Waals surface area contributed by atoms with Crippen molar-refractivity contribution in [2.24, 2.45) is 0 Å². The Labute approximate surface area is 228 Å². The monoisotopic (exact) mass is 555 g/mol. The summed E-state index contributed by atoms with van der Waals surface area (Å²) in [5.74, 6) is 0.598. The number of carbonyl (C=O) groups excluding carboxylic acids is 1. The number of likely N-dealkylation sites (tertiary alicyclic amines) is 1. The molecule has 0 spiro atoms. The van der Waals surface area contributed by atoms with Crippen LogP contribution in [-0.2, 0) is 6.61 Å². The first-order chi connectivity index (χ1) is 19.3. The van der Waals surface area contributed by atoms with Crippen LogP contribution in [0.25, 0.3) is 16.9 Å². The molecule has 1 N–H and O–H groups in total. The van der Waals surface area contributed by atoms with E-state index >= 15 is 0 Å². The molecule has 0 atom stereocenters. The molecule has 1 fully saturated rings. The van der Waals surface area contributed by atoms with Gasteiger partial charge in [-0.15, -0.1) is 13.2 Å². The lowest BCUT2D eigenvalue weighted by Gasteiger charge is -2.26. The minimum atomic E-state index is -4.73. The molecule has 3 heterocycles. The number of aromatic nitrogens is 3. The van der Waals surface area contributed by atoms with Crippen LogP contribution in [0.2, 0.25) is 0 Å². The van der Waals surface area contributed by atoms with Crippen molar-refractivity contribution in [2.75, 3.05) is 26.2 Å². The molecule has 1 aliphatic rings. The van der Waals surface area contributed by atoms with Crippen LogP contribution < -0.4 is 19.5 Å². The number of benzene rings is 2. The zero-order valence-electron chi connectivity index (χ0n) is 21.6. The van der Waals surface area contributed by atoms with Crippen LogP contribution in [0.3, 0.4) is 0 Å². The molecule has 5 rings (SSSR count). The van der Waals surface area contributed by atoms with Crippen LogP contribution in [0.1, 0.15) is 24.8 Å². The van der Waals surface area contributed by atoms with E-state index in [1.54, 1.807) is 29.1 Å². The summed E-state index contributed by atoms with van der Waals surface area (Å²) in [5.41, 5.74) is 2.64. The van der Waals surface area contributed by atoms with Crippen LogP contribution in [-0.4, -0.2) is 58.1 Å². The molecule has 0 aliphatic carbocycles. The average molecular weight is 556 g/mol. The predicted molar refractivity (Wildman–Crippen MR) is 141 cm³/mol. The van der Waals surface area contributed by atoms with Crippen LogP contribution in [0.5, 0.6) is 17.2 Å². The van der Waals surface area contributed by atoms with E-state index in [1.807, 2.05) is 12.1 Å². The van der Waals surface area contributed by atoms with Crippen LogP contribution in [0.4, 0.5) is 18.0 Å². The van der Waals surface area contributed by atoms with Crippen molar-refractivity contribution < 1.29 is 32.2 Å². The fourth-order valence-corrected chi connectivity index (χ4v) is 4.43. The van der Waals surface area contributed by atoms with Gasteiger partial charge in [0.1, 0.15) is 29.9 Å². The highest BCUT2D eigenvalue weighted by Gasteiger charge is 2.30. The Balaban J connectivity index is 1.14. The maximum absolute atomic E-state index is 12.3. The Morgan fingerprint density at radius 1 is 0.925 bits per heavy atom. The van der Waals surface area contributed by atoms with Crippen molar-refractivity contribution in [2.45, 2.75) is 32.2 Å². The quantitative estimate of drug-likeness (QED) is 0.293. The molecule has 12 heteroatoms. The third-order valence-corrected chi connectivity index (χ3v) is 6.40. The first-order valence-corrected chi connectivity index (χ1v) is 12.9. The zero-order chi connectivity index (χ0) is 28.0. The van der Waals surface area contributed by atoms with Gasteiger partial charge in [-0.25, -0.2) is 14.8 Å². The number of carbonyl (C=O) groups is 1. The van der Waals surface area contributed by atoms with Crippen LogP contribution in [0, 0.1) is 0 Å². The Hall–Kier alpha value is -4.32. The SMILES string of the molecule is O=C(NCCN1CCCCC1)Oc1cnc2c(c1)ncn2-c1ccc(OCc2ccc(OC(F)(F)F)cc2)cc1. The molecule has 1 saturated heterocycles. The number of nitrogens with one attached hydrogen (secondary N) is 1. The first kappa shape index (κ1) is 27.3. The number of imidazole rings is 1. The van der Waals surface area contributed by atoms with E-state index in [4.69, 9.17) is 9.47 Å². The van der Waals surface area contributed by atoms with E-state index in [2.05, 4.69) is 24.9 Å². The molecule has 0 unspecified atom stereocenters. The Morgan fingerprint density at radius 3 is 2.38 bits per heavy atom. The molecule has 4 aromatic rings. The number of pyridine rings is 1. The predicted octanol–water partition coefficient (Wildman–Crippen LogP) is 5.47. The van der Waals surface area contributed by atoms with E-state index in [-0.39, 0.29) is 12.4 Å². The zero-order valence-corrected chi connectivity index (χ0v) is 21.6. The minimum absolute atomic E-state index is 0.176. The van der Waals surface area contributed by atoms with Gasteiger partial charge in [-0.2, -0.15) is 0 Å². The normalized spacial score (nSPS) is 14.2. The second kappa shape index (κ2) is 12.2. The third-order valence-electron chi connectivity index (χ3n) is 6.40. The Bertz CT molecular complexity index is 1420. The third kappa shape index (κ3) is 7.41. The summed E-state index contributed by atoms with van der Waals surface area (Å²) >= 11 is 0. The topological polar surface area (TPSA) is 90.7 Å². The molecule has 2 aromatic carbocycles. The van der Waals surface area contributed by atoms with Gasteiger partial charge in [0, 0.05) is 24.8 Å². The van der Waals surface area contributed by atoms with E-state index < -0.39 is 12.5 Å².